The average Bonchev–Trinajstić information content (AvgIpc) is 3.07. The lowest BCUT2D eigenvalue weighted by Gasteiger charge is -2.26. The third-order valence-electron chi connectivity index (χ3n) is 4.64. The summed E-state index contributed by atoms with van der Waals surface area (Å²) >= 11 is 3.35. The van der Waals surface area contributed by atoms with E-state index in [4.69, 9.17) is 4.74 Å². The number of ether oxygens (including phenoxy) is 1. The van der Waals surface area contributed by atoms with E-state index in [1.807, 2.05) is 0 Å². The first-order chi connectivity index (χ1) is 14.4. The predicted octanol–water partition coefficient (Wildman–Crippen LogP) is 3.58. The minimum Gasteiger partial charge on any atom is -0.493 e. The number of nitrogens with zero attached hydrogens (tertiary/aromatic N) is 3. The second-order valence-corrected chi connectivity index (χ2v) is 9.42. The number of carbonyl (C=O) groups excluding carboxylic acids is 1. The van der Waals surface area contributed by atoms with Crippen LogP contribution in [0.1, 0.15) is 10.4 Å². The molecule has 3 aromatic rings. The summed E-state index contributed by atoms with van der Waals surface area (Å²) in [7, 11) is -3.74. The van der Waals surface area contributed by atoms with Crippen molar-refractivity contribution in [2.24, 2.45) is 10.2 Å². The molecular weight excluding hydrogens is 476 g/mol. The fourth-order valence-electron chi connectivity index (χ4n) is 3.12. The molecule has 0 spiro atoms. The van der Waals surface area contributed by atoms with Crippen LogP contribution in [0.2, 0.25) is 0 Å². The van der Waals surface area contributed by atoms with E-state index >= 15 is 0 Å². The summed E-state index contributed by atoms with van der Waals surface area (Å²) in [5.74, 6) is -0.943. The van der Waals surface area contributed by atoms with Gasteiger partial charge in [-0.25, -0.2) is 8.42 Å². The van der Waals surface area contributed by atoms with E-state index in [0.717, 1.165) is 4.47 Å². The number of amides is 1. The van der Waals surface area contributed by atoms with Crippen LogP contribution in [0.3, 0.4) is 0 Å². The molecule has 2 N–H and O–H groups in total. The number of rotatable bonds is 4. The van der Waals surface area contributed by atoms with Crippen LogP contribution in [-0.4, -0.2) is 55.0 Å². The molecule has 4 rings (SSSR count). The summed E-state index contributed by atoms with van der Waals surface area (Å²) in [4.78, 5) is 15.3. The van der Waals surface area contributed by atoms with Crippen molar-refractivity contribution in [3.8, 4) is 5.88 Å². The normalized spacial score (nSPS) is 15.8. The van der Waals surface area contributed by atoms with Crippen molar-refractivity contribution in [3.05, 3.63) is 52.5 Å². The number of aromatic hydroxyl groups is 1. The molecule has 1 saturated heterocycles. The summed E-state index contributed by atoms with van der Waals surface area (Å²) in [6, 6.07) is 10.9. The number of aromatic amines is 1. The number of morpholine rings is 1. The van der Waals surface area contributed by atoms with Crippen molar-refractivity contribution >= 4 is 48.5 Å². The number of azo groups is 1. The maximum Gasteiger partial charge on any atom is 0.295 e. The van der Waals surface area contributed by atoms with Crippen LogP contribution in [0.25, 0.3) is 10.9 Å². The number of nitrogens with one attached hydrogen (secondary N) is 1. The molecule has 0 aliphatic carbocycles. The monoisotopic (exact) mass is 492 g/mol. The van der Waals surface area contributed by atoms with E-state index in [9.17, 15) is 18.3 Å². The zero-order chi connectivity index (χ0) is 21.3. The van der Waals surface area contributed by atoms with Gasteiger partial charge in [0.2, 0.25) is 15.9 Å². The fraction of sp³-hybridized carbons (Fsp3) is 0.211. The van der Waals surface area contributed by atoms with Gasteiger partial charge in [0.25, 0.3) is 5.91 Å². The fourth-order valence-corrected chi connectivity index (χ4v) is 4.93. The number of aromatic nitrogens is 1. The van der Waals surface area contributed by atoms with Crippen molar-refractivity contribution in [1.29, 1.82) is 0 Å². The zero-order valence-corrected chi connectivity index (χ0v) is 18.0. The van der Waals surface area contributed by atoms with Gasteiger partial charge in [-0.3, -0.25) is 4.79 Å². The Morgan fingerprint density at radius 1 is 1.17 bits per heavy atom. The van der Waals surface area contributed by atoms with Crippen LogP contribution in [0.15, 0.2) is 62.1 Å². The Labute approximate surface area is 180 Å². The zero-order valence-electron chi connectivity index (χ0n) is 15.6. The summed E-state index contributed by atoms with van der Waals surface area (Å²) in [5, 5.41) is 18.2. The van der Waals surface area contributed by atoms with E-state index in [2.05, 4.69) is 31.1 Å². The highest BCUT2D eigenvalue weighted by Crippen LogP contribution is 2.37. The first kappa shape index (κ1) is 20.7. The SMILES string of the molecule is O=C(N=Nc1c(O)[nH]c2ccc(Br)cc12)c1cccc(S(=O)(=O)N2CCOCC2)c1. The second kappa shape index (κ2) is 8.26. The lowest BCUT2D eigenvalue weighted by Crippen LogP contribution is -2.40. The van der Waals surface area contributed by atoms with Crippen LogP contribution >= 0.6 is 15.9 Å². The van der Waals surface area contributed by atoms with Crippen molar-refractivity contribution in [2.75, 3.05) is 26.3 Å². The molecule has 0 bridgehead atoms. The minimum atomic E-state index is -3.74. The molecule has 0 unspecified atom stereocenters. The predicted molar refractivity (Wildman–Crippen MR) is 113 cm³/mol. The average molecular weight is 493 g/mol. The summed E-state index contributed by atoms with van der Waals surface area (Å²) in [5.41, 5.74) is 0.834. The molecule has 0 atom stereocenters. The van der Waals surface area contributed by atoms with Crippen LogP contribution in [0.4, 0.5) is 5.69 Å². The van der Waals surface area contributed by atoms with Gasteiger partial charge < -0.3 is 14.8 Å². The highest BCUT2D eigenvalue weighted by molar-refractivity contribution is 9.10. The van der Waals surface area contributed by atoms with E-state index < -0.39 is 15.9 Å². The smallest absolute Gasteiger partial charge is 0.295 e. The number of H-pyrrole nitrogens is 1. The molecule has 1 amide bonds. The van der Waals surface area contributed by atoms with E-state index in [1.165, 1.54) is 28.6 Å². The first-order valence-corrected chi connectivity index (χ1v) is 11.2. The molecule has 1 aromatic heterocycles. The Morgan fingerprint density at radius 3 is 2.70 bits per heavy atom. The molecule has 2 heterocycles. The Balaban J connectivity index is 1.61. The topological polar surface area (TPSA) is 124 Å². The van der Waals surface area contributed by atoms with Crippen LogP contribution in [0, 0.1) is 0 Å². The third-order valence-corrected chi connectivity index (χ3v) is 7.03. The molecule has 1 fully saturated rings. The van der Waals surface area contributed by atoms with Crippen molar-refractivity contribution < 1.29 is 23.1 Å². The van der Waals surface area contributed by atoms with Gasteiger partial charge in [0, 0.05) is 28.5 Å². The van der Waals surface area contributed by atoms with Crippen LogP contribution < -0.4 is 0 Å². The Morgan fingerprint density at radius 2 is 1.93 bits per heavy atom. The van der Waals surface area contributed by atoms with Crippen LogP contribution in [0.5, 0.6) is 5.88 Å². The van der Waals surface area contributed by atoms with E-state index in [1.54, 1.807) is 18.2 Å². The molecule has 11 heteroatoms. The van der Waals surface area contributed by atoms with Crippen molar-refractivity contribution in [3.63, 3.8) is 0 Å². The molecule has 0 radical (unpaired) electrons. The molecule has 9 nitrogen and oxygen atoms in total. The molecule has 1 aliphatic heterocycles. The lowest BCUT2D eigenvalue weighted by atomic mass is 10.2. The number of sulfonamides is 1. The lowest BCUT2D eigenvalue weighted by molar-refractivity contribution is 0.0730. The number of fused-ring (bicyclic) bond motifs is 1. The second-order valence-electron chi connectivity index (χ2n) is 6.56. The molecule has 2 aromatic carbocycles. The summed E-state index contributed by atoms with van der Waals surface area (Å²) < 4.78 is 32.9. The van der Waals surface area contributed by atoms with Gasteiger partial charge in [-0.05, 0) is 36.4 Å². The minimum absolute atomic E-state index is 0.00400. The summed E-state index contributed by atoms with van der Waals surface area (Å²) in [6.07, 6.45) is 0. The maximum atomic E-state index is 12.8. The van der Waals surface area contributed by atoms with Gasteiger partial charge in [-0.15, -0.1) is 10.2 Å². The molecule has 30 heavy (non-hydrogen) atoms. The first-order valence-electron chi connectivity index (χ1n) is 9.00. The van der Waals surface area contributed by atoms with Gasteiger partial charge in [-0.2, -0.15) is 4.31 Å². The van der Waals surface area contributed by atoms with Gasteiger partial charge in [0.05, 0.1) is 23.6 Å². The largest absolute Gasteiger partial charge is 0.493 e. The number of benzene rings is 2. The van der Waals surface area contributed by atoms with Crippen molar-refractivity contribution in [2.45, 2.75) is 4.90 Å². The number of hydrogen-bond acceptors (Lipinski definition) is 6. The number of hydrogen-bond donors (Lipinski definition) is 2. The quantitative estimate of drug-likeness (QED) is 0.538. The maximum absolute atomic E-state index is 12.8. The highest BCUT2D eigenvalue weighted by Gasteiger charge is 2.27. The van der Waals surface area contributed by atoms with Crippen molar-refractivity contribution in [1.82, 2.24) is 9.29 Å². The number of halogens is 1. The molecular formula is C19H17BrN4O5S. The Kier molecular flexibility index (Phi) is 5.69. The van der Waals surface area contributed by atoms with Crippen LogP contribution in [-0.2, 0) is 14.8 Å². The molecule has 1 aliphatic rings. The Bertz CT molecular complexity index is 1250. The molecule has 156 valence electrons. The van der Waals surface area contributed by atoms with Gasteiger partial charge in [0.15, 0.2) is 5.69 Å². The van der Waals surface area contributed by atoms with E-state index in [0.29, 0.717) is 24.1 Å². The third kappa shape index (κ3) is 4.01. The Hall–Kier alpha value is -2.60. The van der Waals surface area contributed by atoms with Gasteiger partial charge >= 0.3 is 0 Å². The van der Waals surface area contributed by atoms with Gasteiger partial charge in [-0.1, -0.05) is 22.0 Å². The summed E-state index contributed by atoms with van der Waals surface area (Å²) in [6.45, 7) is 1.18. The standard InChI is InChI=1S/C19H17BrN4O5S/c20-13-4-5-16-15(11-13)17(19(26)21-16)22-23-18(25)12-2-1-3-14(10-12)30(27,28)24-6-8-29-9-7-24/h1-5,10-11,21,26H,6-9H2. The number of carbonyl (C=O) groups is 1. The van der Waals surface area contributed by atoms with Gasteiger partial charge in [0.1, 0.15) is 0 Å². The molecule has 0 saturated carbocycles. The van der Waals surface area contributed by atoms with E-state index in [-0.39, 0.29) is 35.1 Å². The highest BCUT2D eigenvalue weighted by atomic mass is 79.9.